The minimum atomic E-state index is -1.78. The van der Waals surface area contributed by atoms with Crippen molar-refractivity contribution in [1.82, 2.24) is 5.32 Å². The molecule has 5 nitrogen and oxygen atoms in total. The third kappa shape index (κ3) is 3.57. The van der Waals surface area contributed by atoms with Gasteiger partial charge in [-0.15, -0.1) is 0 Å². The maximum absolute atomic E-state index is 13.9. The zero-order chi connectivity index (χ0) is 18.8. The number of halogens is 3. The first-order chi connectivity index (χ1) is 11.8. The van der Waals surface area contributed by atoms with Gasteiger partial charge in [-0.3, -0.25) is 4.79 Å². The first-order valence-corrected chi connectivity index (χ1v) is 8.03. The molecule has 0 heterocycles. The van der Waals surface area contributed by atoms with Gasteiger partial charge in [-0.2, -0.15) is 4.39 Å². The van der Waals surface area contributed by atoms with Crippen molar-refractivity contribution in [2.75, 3.05) is 7.11 Å². The largest absolute Gasteiger partial charge is 0.503 e. The number of amides is 1. The van der Waals surface area contributed by atoms with Gasteiger partial charge in [-0.1, -0.05) is 13.3 Å². The highest BCUT2D eigenvalue weighted by Crippen LogP contribution is 2.35. The van der Waals surface area contributed by atoms with Crippen molar-refractivity contribution in [3.05, 3.63) is 29.1 Å². The molecular formula is C17H20F3NO4. The van der Waals surface area contributed by atoms with E-state index >= 15 is 0 Å². The predicted octanol–water partition coefficient (Wildman–Crippen LogP) is 3.05. The molecule has 1 fully saturated rings. The van der Waals surface area contributed by atoms with Crippen molar-refractivity contribution >= 4 is 11.9 Å². The van der Waals surface area contributed by atoms with Crippen LogP contribution in [0, 0.1) is 23.4 Å². The van der Waals surface area contributed by atoms with Crippen LogP contribution in [0.3, 0.4) is 0 Å². The maximum atomic E-state index is 13.9. The van der Waals surface area contributed by atoms with Crippen molar-refractivity contribution in [1.29, 1.82) is 0 Å². The van der Waals surface area contributed by atoms with Gasteiger partial charge in [0.2, 0.25) is 5.82 Å². The van der Waals surface area contributed by atoms with Crippen LogP contribution in [0.4, 0.5) is 13.2 Å². The first kappa shape index (κ1) is 19.1. The van der Waals surface area contributed by atoms with Crippen molar-refractivity contribution in [3.8, 4) is 5.75 Å². The van der Waals surface area contributed by atoms with Gasteiger partial charge in [0.05, 0.1) is 12.7 Å². The molecule has 0 aliphatic heterocycles. The normalized spacial score (nSPS) is 23.2. The minimum Gasteiger partial charge on any atom is -0.503 e. The number of carbonyl (C=O) groups is 2. The number of methoxy groups -OCH3 is 1. The second-order valence-electron chi connectivity index (χ2n) is 6.26. The lowest BCUT2D eigenvalue weighted by molar-refractivity contribution is -0.150. The lowest BCUT2D eigenvalue weighted by Crippen LogP contribution is -2.57. The minimum absolute atomic E-state index is 0.293. The van der Waals surface area contributed by atoms with Gasteiger partial charge in [-0.05, 0) is 37.7 Å². The number of hydrogen-bond donors (Lipinski definition) is 2. The van der Waals surface area contributed by atoms with Gasteiger partial charge in [-0.25, -0.2) is 13.6 Å². The summed E-state index contributed by atoms with van der Waals surface area (Å²) in [7, 11) is 1.17. The Bertz CT molecular complexity index is 685. The van der Waals surface area contributed by atoms with Crippen molar-refractivity contribution < 1.29 is 32.6 Å². The van der Waals surface area contributed by atoms with E-state index in [1.807, 2.05) is 6.92 Å². The summed E-state index contributed by atoms with van der Waals surface area (Å²) in [6.45, 7) is 2.02. The van der Waals surface area contributed by atoms with Crippen LogP contribution in [0.25, 0.3) is 0 Å². The summed E-state index contributed by atoms with van der Waals surface area (Å²) in [5.74, 6) is -7.90. The molecule has 0 saturated heterocycles. The molecule has 138 valence electrons. The SMILES string of the molecule is CCC1CCC(NC(=O)c2cc(F)c(F)c(O)c2F)(C(=O)OC)CC1. The topological polar surface area (TPSA) is 75.6 Å². The zero-order valence-corrected chi connectivity index (χ0v) is 14.0. The molecule has 1 aromatic carbocycles. The highest BCUT2D eigenvalue weighted by molar-refractivity contribution is 5.98. The molecule has 2 rings (SSSR count). The fourth-order valence-electron chi connectivity index (χ4n) is 3.19. The van der Waals surface area contributed by atoms with Gasteiger partial charge in [0.25, 0.3) is 5.91 Å². The average molecular weight is 359 g/mol. The van der Waals surface area contributed by atoms with E-state index in [4.69, 9.17) is 4.74 Å². The summed E-state index contributed by atoms with van der Waals surface area (Å²) in [5, 5.41) is 11.7. The van der Waals surface area contributed by atoms with Gasteiger partial charge in [0.15, 0.2) is 17.4 Å². The van der Waals surface area contributed by atoms with Crippen LogP contribution in [-0.4, -0.2) is 29.6 Å². The molecule has 8 heteroatoms. The average Bonchev–Trinajstić information content (AvgIpc) is 2.62. The molecule has 0 spiro atoms. The number of benzene rings is 1. The number of hydrogen-bond acceptors (Lipinski definition) is 4. The molecule has 0 radical (unpaired) electrons. The van der Waals surface area contributed by atoms with Crippen LogP contribution in [0.2, 0.25) is 0 Å². The van der Waals surface area contributed by atoms with E-state index in [0.717, 1.165) is 6.42 Å². The maximum Gasteiger partial charge on any atom is 0.331 e. The Morgan fingerprint density at radius 2 is 1.88 bits per heavy atom. The number of aromatic hydroxyl groups is 1. The van der Waals surface area contributed by atoms with Crippen LogP contribution < -0.4 is 5.32 Å². The Hall–Kier alpha value is -2.25. The quantitative estimate of drug-likeness (QED) is 0.640. The second-order valence-corrected chi connectivity index (χ2v) is 6.26. The van der Waals surface area contributed by atoms with Crippen molar-refractivity contribution in [2.24, 2.45) is 5.92 Å². The van der Waals surface area contributed by atoms with E-state index in [-0.39, 0.29) is 0 Å². The fraction of sp³-hybridized carbons (Fsp3) is 0.529. The number of phenolic OH excluding ortho intramolecular Hbond substituents is 1. The van der Waals surface area contributed by atoms with Crippen LogP contribution in [0.1, 0.15) is 49.4 Å². The number of ether oxygens (including phenoxy) is 1. The first-order valence-electron chi connectivity index (χ1n) is 8.03. The van der Waals surface area contributed by atoms with Gasteiger partial charge in [0.1, 0.15) is 5.54 Å². The molecular weight excluding hydrogens is 339 g/mol. The van der Waals surface area contributed by atoms with Crippen molar-refractivity contribution in [2.45, 2.75) is 44.6 Å². The number of rotatable bonds is 4. The molecule has 0 bridgehead atoms. The molecule has 1 aliphatic carbocycles. The van der Waals surface area contributed by atoms with E-state index in [1.54, 1.807) is 0 Å². The molecule has 2 N–H and O–H groups in total. The lowest BCUT2D eigenvalue weighted by atomic mass is 9.75. The summed E-state index contributed by atoms with van der Waals surface area (Å²) >= 11 is 0. The van der Waals surface area contributed by atoms with E-state index in [1.165, 1.54) is 7.11 Å². The molecule has 0 atom stereocenters. The third-order valence-electron chi connectivity index (χ3n) is 4.84. The van der Waals surface area contributed by atoms with Gasteiger partial charge in [0, 0.05) is 0 Å². The standard InChI is InChI=1S/C17H20F3NO4/c1-3-9-4-6-17(7-5-9,16(24)25-2)21-15(23)10-8-11(18)13(20)14(22)12(10)19/h8-9,22H,3-7H2,1-2H3,(H,21,23). The van der Waals surface area contributed by atoms with E-state index in [9.17, 15) is 27.9 Å². The second kappa shape index (κ2) is 7.33. The molecule has 1 saturated carbocycles. The van der Waals surface area contributed by atoms with Crippen LogP contribution >= 0.6 is 0 Å². The predicted molar refractivity (Wildman–Crippen MR) is 82.4 cm³/mol. The zero-order valence-electron chi connectivity index (χ0n) is 14.0. The van der Waals surface area contributed by atoms with Crippen molar-refractivity contribution in [3.63, 3.8) is 0 Å². The smallest absolute Gasteiger partial charge is 0.331 e. The number of phenols is 1. The monoisotopic (exact) mass is 359 g/mol. The number of esters is 1. The van der Waals surface area contributed by atoms with E-state index < -0.39 is 46.2 Å². The lowest BCUT2D eigenvalue weighted by Gasteiger charge is -2.38. The molecule has 25 heavy (non-hydrogen) atoms. The summed E-state index contributed by atoms with van der Waals surface area (Å²) in [5.41, 5.74) is -2.23. The molecule has 1 amide bonds. The molecule has 0 aromatic heterocycles. The number of carbonyl (C=O) groups excluding carboxylic acids is 2. The fourth-order valence-corrected chi connectivity index (χ4v) is 3.19. The van der Waals surface area contributed by atoms with E-state index in [0.29, 0.717) is 37.7 Å². The van der Waals surface area contributed by atoms with Gasteiger partial charge >= 0.3 is 5.97 Å². The van der Waals surface area contributed by atoms with Crippen LogP contribution in [-0.2, 0) is 9.53 Å². The molecule has 1 aromatic rings. The van der Waals surface area contributed by atoms with Gasteiger partial charge < -0.3 is 15.2 Å². The van der Waals surface area contributed by atoms with Crippen LogP contribution in [0.5, 0.6) is 5.75 Å². The number of nitrogens with one attached hydrogen (secondary N) is 1. The Morgan fingerprint density at radius 3 is 2.40 bits per heavy atom. The Labute approximate surface area is 143 Å². The van der Waals surface area contributed by atoms with E-state index in [2.05, 4.69) is 5.32 Å². The summed E-state index contributed by atoms with van der Waals surface area (Å²) in [4.78, 5) is 24.6. The van der Waals surface area contributed by atoms with Crippen LogP contribution in [0.15, 0.2) is 6.07 Å². The summed E-state index contributed by atoms with van der Waals surface area (Å²) < 4.78 is 45.3. The Balaban J connectivity index is 2.31. The highest BCUT2D eigenvalue weighted by Gasteiger charge is 2.44. The highest BCUT2D eigenvalue weighted by atomic mass is 19.2. The summed E-state index contributed by atoms with van der Waals surface area (Å²) in [6.07, 6.45) is 2.84. The Kier molecular flexibility index (Phi) is 5.59. The Morgan fingerprint density at radius 1 is 1.28 bits per heavy atom. The summed E-state index contributed by atoms with van der Waals surface area (Å²) in [6, 6.07) is 0.350. The third-order valence-corrected chi connectivity index (χ3v) is 4.84. The molecule has 1 aliphatic rings. The molecule has 0 unspecified atom stereocenters.